The molecule has 0 aliphatic rings. The number of aromatic nitrogens is 5. The van der Waals surface area contributed by atoms with E-state index in [1.54, 1.807) is 0 Å². The number of nitrogens with zero attached hydrogens (tertiary/aromatic N) is 4. The van der Waals surface area contributed by atoms with Gasteiger partial charge in [0.1, 0.15) is 11.8 Å². The number of hydrogen-bond donors (Lipinski definition) is 2. The van der Waals surface area contributed by atoms with E-state index in [2.05, 4.69) is 30.2 Å². The van der Waals surface area contributed by atoms with Gasteiger partial charge in [0.15, 0.2) is 15.8 Å². The summed E-state index contributed by atoms with van der Waals surface area (Å²) in [6.45, 7) is 3.77. The molecule has 3 aromatic rings. The molecule has 0 saturated heterocycles. The highest BCUT2D eigenvalue weighted by molar-refractivity contribution is 8.02. The number of carbonyl (C=O) groups is 1. The second-order valence-electron chi connectivity index (χ2n) is 4.33. The smallest absolute Gasteiger partial charge is 0.238 e. The maximum atomic E-state index is 12.2. The number of rotatable bonds is 4. The first-order chi connectivity index (χ1) is 10.1. The fourth-order valence-corrected chi connectivity index (χ4v) is 3.65. The Hall–Kier alpha value is -2.00. The van der Waals surface area contributed by atoms with Crippen molar-refractivity contribution in [1.29, 1.82) is 0 Å². The molecule has 0 saturated carbocycles. The molecule has 3 heterocycles. The first-order valence-electron chi connectivity index (χ1n) is 6.17. The number of thiazole rings is 1. The van der Waals surface area contributed by atoms with Crippen LogP contribution in [0.3, 0.4) is 0 Å². The average Bonchev–Trinajstić information content (AvgIpc) is 3.08. The Bertz CT molecular complexity index is 783. The number of fused-ring (bicyclic) bond motifs is 1. The quantitative estimate of drug-likeness (QED) is 0.716. The molecule has 3 aromatic heterocycles. The van der Waals surface area contributed by atoms with Crippen LogP contribution in [0.2, 0.25) is 0 Å². The Balaban J connectivity index is 1.72. The van der Waals surface area contributed by atoms with Gasteiger partial charge < -0.3 is 10.3 Å². The minimum atomic E-state index is -0.275. The van der Waals surface area contributed by atoms with E-state index in [0.29, 0.717) is 17.0 Å². The number of imidazole rings is 1. The van der Waals surface area contributed by atoms with Crippen molar-refractivity contribution in [3.8, 4) is 0 Å². The molecule has 1 amide bonds. The van der Waals surface area contributed by atoms with Crippen LogP contribution in [0.25, 0.3) is 11.2 Å². The summed E-state index contributed by atoms with van der Waals surface area (Å²) >= 11 is 2.96. The third-order valence-corrected chi connectivity index (χ3v) is 4.90. The Kier molecular flexibility index (Phi) is 3.84. The van der Waals surface area contributed by atoms with Crippen LogP contribution in [0, 0.1) is 6.92 Å². The van der Waals surface area contributed by atoms with Crippen molar-refractivity contribution in [2.75, 3.05) is 5.32 Å². The minimum absolute atomic E-state index is 0.137. The summed E-state index contributed by atoms with van der Waals surface area (Å²) in [7, 11) is 0. The van der Waals surface area contributed by atoms with Gasteiger partial charge in [0.25, 0.3) is 0 Å². The molecule has 21 heavy (non-hydrogen) atoms. The van der Waals surface area contributed by atoms with E-state index in [0.717, 1.165) is 10.0 Å². The summed E-state index contributed by atoms with van der Waals surface area (Å²) < 4.78 is 0.879. The number of aryl methyl sites for hydroxylation is 1. The second kappa shape index (κ2) is 5.78. The number of aromatic amines is 1. The zero-order valence-corrected chi connectivity index (χ0v) is 13.0. The highest BCUT2D eigenvalue weighted by Gasteiger charge is 2.18. The first-order valence-corrected chi connectivity index (χ1v) is 7.93. The van der Waals surface area contributed by atoms with E-state index in [1.807, 2.05) is 19.2 Å². The zero-order chi connectivity index (χ0) is 14.8. The number of amides is 1. The Labute approximate surface area is 128 Å². The Morgan fingerprint density at radius 3 is 3.05 bits per heavy atom. The van der Waals surface area contributed by atoms with Crippen molar-refractivity contribution in [3.63, 3.8) is 0 Å². The molecule has 9 heteroatoms. The number of carbonyl (C=O) groups excluding carboxylic acids is 1. The lowest BCUT2D eigenvalue weighted by atomic mass is 10.4. The van der Waals surface area contributed by atoms with Crippen LogP contribution >= 0.6 is 23.1 Å². The van der Waals surface area contributed by atoms with Crippen LogP contribution in [0.4, 0.5) is 5.82 Å². The molecule has 0 aromatic carbocycles. The SMILES string of the molecule is Cc1csc(SC(C)C(=O)Nc2ncnc3nc[nH]c23)n1. The number of nitrogens with one attached hydrogen (secondary N) is 2. The van der Waals surface area contributed by atoms with Crippen molar-refractivity contribution < 1.29 is 4.79 Å². The monoisotopic (exact) mass is 320 g/mol. The molecule has 0 spiro atoms. The first kappa shape index (κ1) is 14.0. The lowest BCUT2D eigenvalue weighted by Gasteiger charge is -2.09. The highest BCUT2D eigenvalue weighted by atomic mass is 32.2. The van der Waals surface area contributed by atoms with E-state index < -0.39 is 0 Å². The average molecular weight is 320 g/mol. The van der Waals surface area contributed by atoms with Crippen molar-refractivity contribution >= 4 is 46.0 Å². The summed E-state index contributed by atoms with van der Waals surface area (Å²) in [4.78, 5) is 31.6. The van der Waals surface area contributed by atoms with Crippen molar-refractivity contribution in [2.45, 2.75) is 23.4 Å². The topological polar surface area (TPSA) is 96.5 Å². The Morgan fingerprint density at radius 2 is 2.29 bits per heavy atom. The molecule has 0 fully saturated rings. The second-order valence-corrected chi connectivity index (χ2v) is 6.77. The number of thioether (sulfide) groups is 1. The fourth-order valence-electron chi connectivity index (χ4n) is 1.67. The minimum Gasteiger partial charge on any atom is -0.340 e. The van der Waals surface area contributed by atoms with Gasteiger partial charge in [-0.2, -0.15) is 0 Å². The van der Waals surface area contributed by atoms with E-state index in [1.165, 1.54) is 35.8 Å². The van der Waals surface area contributed by atoms with Gasteiger partial charge in [0.05, 0.1) is 11.6 Å². The van der Waals surface area contributed by atoms with Gasteiger partial charge in [-0.05, 0) is 13.8 Å². The van der Waals surface area contributed by atoms with Crippen LogP contribution in [-0.2, 0) is 4.79 Å². The van der Waals surface area contributed by atoms with Gasteiger partial charge >= 0.3 is 0 Å². The zero-order valence-electron chi connectivity index (χ0n) is 11.3. The van der Waals surface area contributed by atoms with Gasteiger partial charge in [0, 0.05) is 11.1 Å². The Morgan fingerprint density at radius 1 is 1.43 bits per heavy atom. The van der Waals surface area contributed by atoms with E-state index >= 15 is 0 Å². The van der Waals surface area contributed by atoms with Crippen molar-refractivity contribution in [3.05, 3.63) is 23.7 Å². The molecule has 0 bridgehead atoms. The lowest BCUT2D eigenvalue weighted by Crippen LogP contribution is -2.23. The fraction of sp³-hybridized carbons (Fsp3) is 0.250. The van der Waals surface area contributed by atoms with Gasteiger partial charge in [-0.3, -0.25) is 4.79 Å². The van der Waals surface area contributed by atoms with Gasteiger partial charge in [-0.15, -0.1) is 11.3 Å². The molecular weight excluding hydrogens is 308 g/mol. The third kappa shape index (κ3) is 3.03. The third-order valence-electron chi connectivity index (χ3n) is 2.71. The molecule has 1 atom stereocenters. The maximum Gasteiger partial charge on any atom is 0.238 e. The van der Waals surface area contributed by atoms with Crippen LogP contribution in [0.1, 0.15) is 12.6 Å². The summed E-state index contributed by atoms with van der Waals surface area (Å²) in [6, 6.07) is 0. The van der Waals surface area contributed by atoms with Crippen LogP contribution in [0.5, 0.6) is 0 Å². The predicted octanol–water partition coefficient (Wildman–Crippen LogP) is 2.24. The molecule has 108 valence electrons. The molecule has 0 radical (unpaired) electrons. The standard InChI is InChI=1S/C12H12N6OS2/c1-6-3-20-12(17-6)21-7(2)11(19)18-10-8-9(14-4-13-8)15-5-16-10/h3-5,7H,1-2H3,(H2,13,14,15,16,18,19). The van der Waals surface area contributed by atoms with Crippen molar-refractivity contribution in [2.24, 2.45) is 0 Å². The van der Waals surface area contributed by atoms with Crippen LogP contribution < -0.4 is 5.32 Å². The van der Waals surface area contributed by atoms with Crippen molar-refractivity contribution in [1.82, 2.24) is 24.9 Å². The normalized spacial score (nSPS) is 12.5. The largest absolute Gasteiger partial charge is 0.340 e. The number of H-pyrrole nitrogens is 1. The van der Waals surface area contributed by atoms with Gasteiger partial charge in [-0.25, -0.2) is 19.9 Å². The summed E-state index contributed by atoms with van der Waals surface area (Å²) in [6.07, 6.45) is 2.90. The number of hydrogen-bond acceptors (Lipinski definition) is 7. The molecule has 3 rings (SSSR count). The van der Waals surface area contributed by atoms with E-state index in [-0.39, 0.29) is 11.2 Å². The van der Waals surface area contributed by atoms with Crippen LogP contribution in [0.15, 0.2) is 22.4 Å². The van der Waals surface area contributed by atoms with E-state index in [9.17, 15) is 4.79 Å². The highest BCUT2D eigenvalue weighted by Crippen LogP contribution is 2.27. The lowest BCUT2D eigenvalue weighted by molar-refractivity contribution is -0.115. The molecule has 0 aliphatic heterocycles. The van der Waals surface area contributed by atoms with E-state index in [4.69, 9.17) is 0 Å². The van der Waals surface area contributed by atoms with Gasteiger partial charge in [0.2, 0.25) is 5.91 Å². The summed E-state index contributed by atoms with van der Waals surface area (Å²) in [5.41, 5.74) is 2.11. The van der Waals surface area contributed by atoms with Crippen LogP contribution in [-0.4, -0.2) is 36.1 Å². The summed E-state index contributed by atoms with van der Waals surface area (Å²) in [5.74, 6) is 0.299. The molecule has 2 N–H and O–H groups in total. The molecular formula is C12H12N6OS2. The van der Waals surface area contributed by atoms with Gasteiger partial charge in [-0.1, -0.05) is 11.8 Å². The molecule has 1 unspecified atom stereocenters. The predicted molar refractivity (Wildman–Crippen MR) is 82.5 cm³/mol. The number of anilines is 1. The molecule has 7 nitrogen and oxygen atoms in total. The summed E-state index contributed by atoms with van der Waals surface area (Å²) in [5, 5.41) is 4.48. The maximum absolute atomic E-state index is 12.2. The molecule has 0 aliphatic carbocycles.